The van der Waals surface area contributed by atoms with E-state index in [-0.39, 0.29) is 28.8 Å². The van der Waals surface area contributed by atoms with Crippen LogP contribution in [0.3, 0.4) is 0 Å². The minimum atomic E-state index is -1.05. The Morgan fingerprint density at radius 2 is 1.71 bits per heavy atom. The van der Waals surface area contributed by atoms with E-state index in [1.54, 1.807) is 12.1 Å². The fourth-order valence-corrected chi connectivity index (χ4v) is 3.56. The van der Waals surface area contributed by atoms with Gasteiger partial charge in [-0.05, 0) is 61.9 Å². The van der Waals surface area contributed by atoms with Gasteiger partial charge >= 0.3 is 5.97 Å². The first kappa shape index (κ1) is 25.2. The van der Waals surface area contributed by atoms with Gasteiger partial charge in [-0.25, -0.2) is 4.79 Å². The van der Waals surface area contributed by atoms with Gasteiger partial charge in [0.15, 0.2) is 18.1 Å². The maximum Gasteiger partial charge on any atom is 0.335 e. The van der Waals surface area contributed by atoms with Gasteiger partial charge in [-0.15, -0.1) is 0 Å². The summed E-state index contributed by atoms with van der Waals surface area (Å²) in [5.41, 5.74) is 3.11. The van der Waals surface area contributed by atoms with Gasteiger partial charge in [0.2, 0.25) is 0 Å². The molecule has 0 aliphatic carbocycles. The molecule has 0 heterocycles. The highest BCUT2D eigenvalue weighted by atomic mass is 35.5. The lowest BCUT2D eigenvalue weighted by Gasteiger charge is -2.16. The van der Waals surface area contributed by atoms with Crippen molar-refractivity contribution in [3.05, 3.63) is 81.3 Å². The van der Waals surface area contributed by atoms with Crippen molar-refractivity contribution in [1.82, 2.24) is 0 Å². The summed E-state index contributed by atoms with van der Waals surface area (Å²) >= 11 is 12.6. The molecule has 178 valence electrons. The smallest absolute Gasteiger partial charge is 0.335 e. The average molecular weight is 503 g/mol. The largest absolute Gasteiger partial charge is 0.490 e. The summed E-state index contributed by atoms with van der Waals surface area (Å²) in [4.78, 5) is 23.5. The van der Waals surface area contributed by atoms with Crippen LogP contribution in [0.1, 0.15) is 28.4 Å². The molecule has 0 spiro atoms. The van der Waals surface area contributed by atoms with Crippen molar-refractivity contribution in [2.75, 3.05) is 23.8 Å². The molecule has 3 N–H and O–H groups in total. The first-order valence-corrected chi connectivity index (χ1v) is 11.2. The maximum absolute atomic E-state index is 12.3. The normalized spacial score (nSPS) is 10.5. The number of carboxylic acid groups (broad SMARTS) is 1. The van der Waals surface area contributed by atoms with Crippen LogP contribution in [0.25, 0.3) is 0 Å². The fourth-order valence-electron chi connectivity index (χ4n) is 3.09. The number of halogens is 2. The number of anilines is 2. The van der Waals surface area contributed by atoms with Crippen LogP contribution in [-0.4, -0.2) is 30.2 Å². The quantitative estimate of drug-likeness (QED) is 0.313. The zero-order valence-corrected chi connectivity index (χ0v) is 20.2. The van der Waals surface area contributed by atoms with Crippen molar-refractivity contribution in [3.63, 3.8) is 0 Å². The summed E-state index contributed by atoms with van der Waals surface area (Å²) in [6.07, 6.45) is 0. The van der Waals surface area contributed by atoms with Crippen molar-refractivity contribution in [1.29, 1.82) is 0 Å². The van der Waals surface area contributed by atoms with Gasteiger partial charge in [-0.1, -0.05) is 40.9 Å². The molecule has 0 aromatic heterocycles. The van der Waals surface area contributed by atoms with Gasteiger partial charge in [0.25, 0.3) is 5.91 Å². The topological polar surface area (TPSA) is 96.9 Å². The Labute approximate surface area is 207 Å². The van der Waals surface area contributed by atoms with Crippen LogP contribution in [0.5, 0.6) is 11.5 Å². The van der Waals surface area contributed by atoms with Crippen LogP contribution < -0.4 is 20.1 Å². The molecule has 0 aliphatic heterocycles. The second-order valence-electron chi connectivity index (χ2n) is 7.39. The zero-order chi connectivity index (χ0) is 24.7. The lowest BCUT2D eigenvalue weighted by molar-refractivity contribution is -0.118. The van der Waals surface area contributed by atoms with Gasteiger partial charge in [0.1, 0.15) is 0 Å². The van der Waals surface area contributed by atoms with Crippen LogP contribution in [-0.2, 0) is 11.3 Å². The van der Waals surface area contributed by atoms with E-state index in [0.717, 1.165) is 11.1 Å². The van der Waals surface area contributed by atoms with Crippen molar-refractivity contribution in [3.8, 4) is 11.5 Å². The molecular weight excluding hydrogens is 479 g/mol. The molecule has 1 amide bonds. The van der Waals surface area contributed by atoms with Crippen molar-refractivity contribution in [2.45, 2.75) is 20.4 Å². The summed E-state index contributed by atoms with van der Waals surface area (Å²) in [5.74, 6) is -0.729. The lowest BCUT2D eigenvalue weighted by Crippen LogP contribution is -2.20. The first-order valence-electron chi connectivity index (χ1n) is 10.5. The Bertz CT molecular complexity index is 1180. The number of aromatic carboxylic acids is 1. The number of benzene rings is 3. The van der Waals surface area contributed by atoms with Crippen molar-refractivity contribution in [2.24, 2.45) is 0 Å². The molecule has 0 aliphatic rings. The summed E-state index contributed by atoms with van der Waals surface area (Å²) in [6, 6.07) is 15.3. The van der Waals surface area contributed by atoms with E-state index in [9.17, 15) is 14.7 Å². The second-order valence-corrected chi connectivity index (χ2v) is 8.21. The number of nitrogens with one attached hydrogen (secondary N) is 2. The standard InChI is InChI=1S/C25H24Cl2N2O5/c1-3-33-22-11-16(13-28-21-12-17(25(31)32)6-9-19(21)26)10-20(27)24(22)34-14-23(30)29-18-7-4-15(2)5-8-18/h4-12,28H,3,13-14H2,1-2H3,(H,29,30)(H,31,32). The van der Waals surface area contributed by atoms with Crippen LogP contribution in [0.4, 0.5) is 11.4 Å². The molecule has 34 heavy (non-hydrogen) atoms. The minimum absolute atomic E-state index is 0.118. The van der Waals surface area contributed by atoms with Crippen LogP contribution in [0.15, 0.2) is 54.6 Å². The molecule has 0 bridgehead atoms. The summed E-state index contributed by atoms with van der Waals surface area (Å²) in [7, 11) is 0. The van der Waals surface area contributed by atoms with Gasteiger partial charge in [-0.3, -0.25) is 4.79 Å². The van der Waals surface area contributed by atoms with E-state index in [2.05, 4.69) is 10.6 Å². The molecule has 0 saturated heterocycles. The maximum atomic E-state index is 12.3. The summed E-state index contributed by atoms with van der Waals surface area (Å²) in [6.45, 7) is 4.21. The Balaban J connectivity index is 1.70. The van der Waals surface area contributed by atoms with Crippen LogP contribution in [0.2, 0.25) is 10.0 Å². The molecule has 3 rings (SSSR count). The highest BCUT2D eigenvalue weighted by molar-refractivity contribution is 6.33. The van der Waals surface area contributed by atoms with Crippen LogP contribution in [0, 0.1) is 6.92 Å². The minimum Gasteiger partial charge on any atom is -0.490 e. The van der Waals surface area contributed by atoms with Gasteiger partial charge in [-0.2, -0.15) is 0 Å². The van der Waals surface area contributed by atoms with E-state index < -0.39 is 5.97 Å². The second kappa shape index (κ2) is 11.6. The van der Waals surface area contributed by atoms with E-state index in [4.69, 9.17) is 32.7 Å². The van der Waals surface area contributed by atoms with E-state index >= 15 is 0 Å². The Morgan fingerprint density at radius 1 is 0.971 bits per heavy atom. The predicted octanol–water partition coefficient (Wildman–Crippen LogP) is 6.03. The lowest BCUT2D eigenvalue weighted by atomic mass is 10.1. The van der Waals surface area contributed by atoms with Crippen molar-refractivity contribution < 1.29 is 24.2 Å². The molecule has 0 radical (unpaired) electrons. The molecule has 7 nitrogen and oxygen atoms in total. The highest BCUT2D eigenvalue weighted by Gasteiger charge is 2.15. The third-order valence-electron chi connectivity index (χ3n) is 4.75. The fraction of sp³-hybridized carbons (Fsp3) is 0.200. The third kappa shape index (κ3) is 6.79. The number of hydrogen-bond donors (Lipinski definition) is 3. The van der Waals surface area contributed by atoms with E-state index in [1.807, 2.05) is 38.1 Å². The summed E-state index contributed by atoms with van der Waals surface area (Å²) in [5, 5.41) is 15.7. The van der Waals surface area contributed by atoms with Gasteiger partial charge < -0.3 is 25.2 Å². The molecule has 3 aromatic rings. The number of carbonyl (C=O) groups is 2. The van der Waals surface area contributed by atoms with Gasteiger partial charge in [0, 0.05) is 12.2 Å². The zero-order valence-electron chi connectivity index (χ0n) is 18.7. The molecular formula is C25H24Cl2N2O5. The molecule has 3 aromatic carbocycles. The summed E-state index contributed by atoms with van der Waals surface area (Å²) < 4.78 is 11.4. The molecule has 0 atom stereocenters. The SMILES string of the molecule is CCOc1cc(CNc2cc(C(=O)O)ccc2Cl)cc(Cl)c1OCC(=O)Nc1ccc(C)cc1. The number of carbonyl (C=O) groups excluding carboxylic acids is 1. The number of carboxylic acids is 1. The van der Waals surface area contributed by atoms with E-state index in [1.165, 1.54) is 18.2 Å². The monoisotopic (exact) mass is 502 g/mol. The van der Waals surface area contributed by atoms with E-state index in [0.29, 0.717) is 35.3 Å². The number of ether oxygens (including phenoxy) is 2. The first-order chi connectivity index (χ1) is 16.3. The Morgan fingerprint density at radius 3 is 2.38 bits per heavy atom. The predicted molar refractivity (Wildman–Crippen MR) is 134 cm³/mol. The Kier molecular flexibility index (Phi) is 8.62. The number of aryl methyl sites for hydroxylation is 1. The average Bonchev–Trinajstić information content (AvgIpc) is 2.79. The molecule has 0 fully saturated rings. The number of hydrogen-bond acceptors (Lipinski definition) is 5. The van der Waals surface area contributed by atoms with Crippen LogP contribution >= 0.6 is 23.2 Å². The highest BCUT2D eigenvalue weighted by Crippen LogP contribution is 2.37. The number of rotatable bonds is 10. The number of amides is 1. The molecule has 0 unspecified atom stereocenters. The van der Waals surface area contributed by atoms with Crippen molar-refractivity contribution >= 4 is 46.5 Å². The molecule has 9 heteroatoms. The van der Waals surface area contributed by atoms with Gasteiger partial charge in [0.05, 0.1) is 27.9 Å². The molecule has 0 saturated carbocycles. The Hall–Kier alpha value is -3.42. The third-order valence-corrected chi connectivity index (χ3v) is 5.36.